The summed E-state index contributed by atoms with van der Waals surface area (Å²) in [6.07, 6.45) is 1.58. The number of hydrogen-bond acceptors (Lipinski definition) is 4. The maximum atomic E-state index is 12.8. The number of para-hydroxylation sites is 1. The number of nitrogens with zero attached hydrogens (tertiary/aromatic N) is 1. The number of likely N-dealkylation sites (tertiary alicyclic amines) is 1. The Labute approximate surface area is 182 Å². The van der Waals surface area contributed by atoms with Gasteiger partial charge in [0.1, 0.15) is 0 Å². The van der Waals surface area contributed by atoms with Crippen molar-refractivity contribution < 1.29 is 14.4 Å². The minimum atomic E-state index is -0.642. The molecule has 7 nitrogen and oxygen atoms in total. The number of carbonyl (C=O) groups excluding carboxylic acids is 3. The molecule has 162 valence electrons. The molecular weight excluding hydrogens is 392 g/mol. The highest BCUT2D eigenvalue weighted by molar-refractivity contribution is 6.07. The van der Waals surface area contributed by atoms with Crippen molar-refractivity contribution in [1.29, 1.82) is 0 Å². The summed E-state index contributed by atoms with van der Waals surface area (Å²) in [6.45, 7) is 5.57. The summed E-state index contributed by atoms with van der Waals surface area (Å²) in [7, 11) is 0. The van der Waals surface area contributed by atoms with Crippen molar-refractivity contribution in [2.45, 2.75) is 38.1 Å². The maximum absolute atomic E-state index is 12.8. The molecule has 1 saturated heterocycles. The molecule has 0 bridgehead atoms. The van der Waals surface area contributed by atoms with E-state index >= 15 is 0 Å². The molecule has 0 saturated carbocycles. The van der Waals surface area contributed by atoms with E-state index in [1.165, 1.54) is 0 Å². The van der Waals surface area contributed by atoms with E-state index < -0.39 is 5.41 Å². The number of benzene rings is 2. The molecule has 1 fully saturated rings. The van der Waals surface area contributed by atoms with Crippen LogP contribution in [0.15, 0.2) is 48.5 Å². The highest BCUT2D eigenvalue weighted by Crippen LogP contribution is 2.37. The molecule has 2 heterocycles. The van der Waals surface area contributed by atoms with Gasteiger partial charge < -0.3 is 16.0 Å². The van der Waals surface area contributed by atoms with Crippen LogP contribution in [0.25, 0.3) is 0 Å². The third-order valence-electron chi connectivity index (χ3n) is 6.12. The number of fused-ring (bicyclic) bond motifs is 1. The summed E-state index contributed by atoms with van der Waals surface area (Å²) in [6, 6.07) is 14.9. The van der Waals surface area contributed by atoms with Gasteiger partial charge in [0, 0.05) is 36.1 Å². The zero-order valence-electron chi connectivity index (χ0n) is 17.9. The van der Waals surface area contributed by atoms with E-state index in [0.29, 0.717) is 12.1 Å². The summed E-state index contributed by atoms with van der Waals surface area (Å²) in [5.41, 5.74) is 2.34. The van der Waals surface area contributed by atoms with Crippen LogP contribution < -0.4 is 16.0 Å². The van der Waals surface area contributed by atoms with Gasteiger partial charge in [-0.15, -0.1) is 0 Å². The lowest BCUT2D eigenvalue weighted by molar-refractivity contribution is -0.120. The molecule has 2 aliphatic rings. The van der Waals surface area contributed by atoms with Crippen LogP contribution in [0.3, 0.4) is 0 Å². The van der Waals surface area contributed by atoms with Crippen LogP contribution in [-0.2, 0) is 15.0 Å². The first-order chi connectivity index (χ1) is 14.8. The number of anilines is 2. The van der Waals surface area contributed by atoms with Gasteiger partial charge in [0.05, 0.1) is 12.0 Å². The van der Waals surface area contributed by atoms with Gasteiger partial charge >= 0.3 is 0 Å². The Hall–Kier alpha value is -3.19. The molecule has 0 radical (unpaired) electrons. The summed E-state index contributed by atoms with van der Waals surface area (Å²) < 4.78 is 0. The van der Waals surface area contributed by atoms with E-state index in [0.717, 1.165) is 42.9 Å². The van der Waals surface area contributed by atoms with Gasteiger partial charge in [0.25, 0.3) is 5.91 Å². The Morgan fingerprint density at radius 3 is 2.52 bits per heavy atom. The predicted octanol–water partition coefficient (Wildman–Crippen LogP) is 2.75. The minimum absolute atomic E-state index is 0.0300. The second-order valence-electron chi connectivity index (χ2n) is 8.78. The van der Waals surface area contributed by atoms with Gasteiger partial charge in [0.2, 0.25) is 11.8 Å². The van der Waals surface area contributed by atoms with Crippen LogP contribution in [0.1, 0.15) is 42.6 Å². The summed E-state index contributed by atoms with van der Waals surface area (Å²) >= 11 is 0. The number of amides is 3. The summed E-state index contributed by atoms with van der Waals surface area (Å²) in [5, 5.41) is 8.87. The van der Waals surface area contributed by atoms with Crippen molar-refractivity contribution in [3.8, 4) is 0 Å². The first-order valence-electron chi connectivity index (χ1n) is 10.7. The molecule has 4 rings (SSSR count). The van der Waals surface area contributed by atoms with E-state index in [4.69, 9.17) is 0 Å². The average molecular weight is 421 g/mol. The van der Waals surface area contributed by atoms with E-state index in [1.54, 1.807) is 12.1 Å². The Kier molecular flexibility index (Phi) is 5.78. The Balaban J connectivity index is 1.28. The lowest BCUT2D eigenvalue weighted by Gasteiger charge is -2.31. The minimum Gasteiger partial charge on any atom is -0.349 e. The highest BCUT2D eigenvalue weighted by atomic mass is 16.2. The predicted molar refractivity (Wildman–Crippen MR) is 120 cm³/mol. The fourth-order valence-corrected chi connectivity index (χ4v) is 4.14. The summed E-state index contributed by atoms with van der Waals surface area (Å²) in [5.74, 6) is -0.209. The largest absolute Gasteiger partial charge is 0.349 e. The zero-order valence-corrected chi connectivity index (χ0v) is 17.9. The lowest BCUT2D eigenvalue weighted by atomic mass is 9.85. The molecule has 7 heteroatoms. The summed E-state index contributed by atoms with van der Waals surface area (Å²) in [4.78, 5) is 39.2. The zero-order chi connectivity index (χ0) is 22.0. The molecule has 3 amide bonds. The van der Waals surface area contributed by atoms with Crippen LogP contribution in [0.4, 0.5) is 11.4 Å². The molecule has 31 heavy (non-hydrogen) atoms. The van der Waals surface area contributed by atoms with Gasteiger partial charge in [-0.1, -0.05) is 18.2 Å². The molecule has 0 atom stereocenters. The average Bonchev–Trinajstić information content (AvgIpc) is 2.98. The molecule has 0 spiro atoms. The quantitative estimate of drug-likeness (QED) is 0.694. The highest BCUT2D eigenvalue weighted by Gasteiger charge is 2.38. The fourth-order valence-electron chi connectivity index (χ4n) is 4.14. The molecular formula is C24H28N4O3. The number of carbonyl (C=O) groups is 3. The van der Waals surface area contributed by atoms with E-state index in [1.807, 2.05) is 50.2 Å². The fraction of sp³-hybridized carbons (Fsp3) is 0.375. The van der Waals surface area contributed by atoms with Crippen molar-refractivity contribution in [2.75, 3.05) is 30.3 Å². The maximum Gasteiger partial charge on any atom is 0.251 e. The first-order valence-corrected chi connectivity index (χ1v) is 10.7. The SMILES string of the molecule is CC1(C)C(=O)Nc2ccc(C(=O)NC3CCN(CC(=O)Nc4ccccc4)CC3)cc21. The van der Waals surface area contributed by atoms with Gasteiger partial charge in [-0.2, -0.15) is 0 Å². The Bertz CT molecular complexity index is 995. The monoisotopic (exact) mass is 420 g/mol. The van der Waals surface area contributed by atoms with Crippen LogP contribution in [0.5, 0.6) is 0 Å². The van der Waals surface area contributed by atoms with Crippen molar-refractivity contribution in [2.24, 2.45) is 0 Å². The number of hydrogen-bond donors (Lipinski definition) is 3. The molecule has 0 unspecified atom stereocenters. The molecule has 0 aliphatic carbocycles. The molecule has 3 N–H and O–H groups in total. The topological polar surface area (TPSA) is 90.5 Å². The van der Waals surface area contributed by atoms with Gasteiger partial charge in [-0.25, -0.2) is 0 Å². The standard InChI is InChI=1S/C24H28N4O3/c1-24(2)19-14-16(8-9-20(19)27-23(24)31)22(30)26-18-10-12-28(13-11-18)15-21(29)25-17-6-4-3-5-7-17/h3-9,14,18H,10-13,15H2,1-2H3,(H,25,29)(H,26,30)(H,27,31). The normalized spacial score (nSPS) is 18.2. The Morgan fingerprint density at radius 1 is 1.10 bits per heavy atom. The second-order valence-corrected chi connectivity index (χ2v) is 8.78. The molecule has 2 aromatic rings. The van der Waals surface area contributed by atoms with Crippen molar-refractivity contribution >= 4 is 29.1 Å². The van der Waals surface area contributed by atoms with Crippen LogP contribution >= 0.6 is 0 Å². The van der Waals surface area contributed by atoms with Crippen LogP contribution in [0.2, 0.25) is 0 Å². The van der Waals surface area contributed by atoms with E-state index in [9.17, 15) is 14.4 Å². The number of rotatable bonds is 5. The van der Waals surface area contributed by atoms with E-state index in [-0.39, 0.29) is 23.8 Å². The van der Waals surface area contributed by atoms with Gasteiger partial charge in [-0.3, -0.25) is 19.3 Å². The second kappa shape index (κ2) is 8.51. The third kappa shape index (κ3) is 4.61. The Morgan fingerprint density at radius 2 is 1.81 bits per heavy atom. The lowest BCUT2D eigenvalue weighted by Crippen LogP contribution is -2.46. The molecule has 2 aliphatic heterocycles. The van der Waals surface area contributed by atoms with Gasteiger partial charge in [0.15, 0.2) is 0 Å². The third-order valence-corrected chi connectivity index (χ3v) is 6.12. The molecule has 2 aromatic carbocycles. The number of nitrogens with one attached hydrogen (secondary N) is 3. The van der Waals surface area contributed by atoms with E-state index in [2.05, 4.69) is 20.9 Å². The molecule has 0 aromatic heterocycles. The van der Waals surface area contributed by atoms with Crippen LogP contribution in [0, 0.1) is 0 Å². The smallest absolute Gasteiger partial charge is 0.251 e. The van der Waals surface area contributed by atoms with Crippen molar-refractivity contribution in [3.05, 3.63) is 59.7 Å². The van der Waals surface area contributed by atoms with Gasteiger partial charge in [-0.05, 0) is 62.6 Å². The first kappa shape index (κ1) is 21.1. The van der Waals surface area contributed by atoms with Crippen molar-refractivity contribution in [3.63, 3.8) is 0 Å². The van der Waals surface area contributed by atoms with Crippen LogP contribution in [-0.4, -0.2) is 48.3 Å². The van der Waals surface area contributed by atoms with Crippen molar-refractivity contribution in [1.82, 2.24) is 10.2 Å². The number of piperidine rings is 1.